The lowest BCUT2D eigenvalue weighted by atomic mass is 10.1. The van der Waals surface area contributed by atoms with Crippen LogP contribution in [0.4, 0.5) is 10.1 Å². The summed E-state index contributed by atoms with van der Waals surface area (Å²) in [6.07, 6.45) is 1.37. The predicted molar refractivity (Wildman–Crippen MR) is 108 cm³/mol. The van der Waals surface area contributed by atoms with Crippen molar-refractivity contribution in [2.45, 2.75) is 6.92 Å². The molecule has 8 heteroatoms. The molecule has 154 valence electrons. The molecule has 2 amide bonds. The van der Waals surface area contributed by atoms with Gasteiger partial charge in [0.1, 0.15) is 17.5 Å². The van der Waals surface area contributed by atoms with Gasteiger partial charge in [0.15, 0.2) is 6.61 Å². The molecule has 0 saturated carbocycles. The van der Waals surface area contributed by atoms with Gasteiger partial charge in [0.05, 0.1) is 6.54 Å². The smallest absolute Gasteiger partial charge is 0.349 e. The second kappa shape index (κ2) is 10.5. The molecule has 0 bridgehead atoms. The van der Waals surface area contributed by atoms with Crippen molar-refractivity contribution in [1.82, 2.24) is 4.90 Å². The molecule has 30 heavy (non-hydrogen) atoms. The minimum absolute atomic E-state index is 0.247. The first kappa shape index (κ1) is 22.3. The Balaban J connectivity index is 1.86. The first-order valence-electron chi connectivity index (χ1n) is 8.93. The van der Waals surface area contributed by atoms with Gasteiger partial charge in [-0.2, -0.15) is 5.26 Å². The third-order valence-corrected chi connectivity index (χ3v) is 3.99. The number of halogens is 1. The van der Waals surface area contributed by atoms with Crippen LogP contribution in [0.2, 0.25) is 0 Å². The fourth-order valence-corrected chi connectivity index (χ4v) is 2.32. The van der Waals surface area contributed by atoms with Gasteiger partial charge in [-0.05, 0) is 42.8 Å². The van der Waals surface area contributed by atoms with Crippen LogP contribution in [0, 0.1) is 24.1 Å². The normalized spacial score (nSPS) is 10.7. The van der Waals surface area contributed by atoms with Crippen molar-refractivity contribution < 1.29 is 23.5 Å². The first-order valence-corrected chi connectivity index (χ1v) is 8.93. The van der Waals surface area contributed by atoms with Gasteiger partial charge in [0, 0.05) is 12.7 Å². The van der Waals surface area contributed by atoms with E-state index in [1.807, 2.05) is 19.1 Å². The van der Waals surface area contributed by atoms with Crippen molar-refractivity contribution in [2.24, 2.45) is 0 Å². The molecule has 0 atom stereocenters. The van der Waals surface area contributed by atoms with Gasteiger partial charge in [-0.15, -0.1) is 0 Å². The molecule has 0 aliphatic rings. The average molecular weight is 409 g/mol. The van der Waals surface area contributed by atoms with Gasteiger partial charge in [-0.25, -0.2) is 9.18 Å². The van der Waals surface area contributed by atoms with Gasteiger partial charge in [0.25, 0.3) is 5.91 Å². The topological polar surface area (TPSA) is 99.5 Å². The molecular weight excluding hydrogens is 389 g/mol. The largest absolute Gasteiger partial charge is 0.451 e. The monoisotopic (exact) mass is 409 g/mol. The number of esters is 1. The number of carbonyl (C=O) groups is 3. The highest BCUT2D eigenvalue weighted by atomic mass is 19.1. The summed E-state index contributed by atoms with van der Waals surface area (Å²) < 4.78 is 17.8. The van der Waals surface area contributed by atoms with Crippen LogP contribution in [0.1, 0.15) is 11.1 Å². The maximum atomic E-state index is 12.9. The summed E-state index contributed by atoms with van der Waals surface area (Å²) in [6.45, 7) is 0.999. The molecule has 1 N–H and O–H groups in total. The molecule has 0 spiro atoms. The molecule has 0 aliphatic carbocycles. The zero-order valence-electron chi connectivity index (χ0n) is 16.5. The zero-order chi connectivity index (χ0) is 22.1. The zero-order valence-corrected chi connectivity index (χ0v) is 16.5. The number of rotatable bonds is 7. The van der Waals surface area contributed by atoms with E-state index in [-0.39, 0.29) is 12.1 Å². The number of likely N-dealkylation sites (N-methyl/N-ethyl adjacent to an activating group) is 1. The number of nitriles is 1. The molecule has 0 saturated heterocycles. The molecule has 0 heterocycles. The highest BCUT2D eigenvalue weighted by molar-refractivity contribution is 5.99. The van der Waals surface area contributed by atoms with E-state index < -0.39 is 30.2 Å². The number of aryl methyl sites for hydroxylation is 1. The Morgan fingerprint density at radius 2 is 1.77 bits per heavy atom. The summed E-state index contributed by atoms with van der Waals surface area (Å²) in [5.74, 6) is -2.49. The molecule has 2 aromatic rings. The maximum Gasteiger partial charge on any atom is 0.349 e. The highest BCUT2D eigenvalue weighted by Crippen LogP contribution is 2.10. The number of hydrogen-bond acceptors (Lipinski definition) is 5. The van der Waals surface area contributed by atoms with E-state index in [1.54, 1.807) is 18.2 Å². The molecule has 0 aliphatic heterocycles. The minimum atomic E-state index is -0.935. The number of carbonyl (C=O) groups excluding carboxylic acids is 3. The summed E-state index contributed by atoms with van der Waals surface area (Å²) in [6, 6.07) is 14.1. The quantitative estimate of drug-likeness (QED) is 0.431. The summed E-state index contributed by atoms with van der Waals surface area (Å²) in [4.78, 5) is 37.2. The third kappa shape index (κ3) is 6.87. The third-order valence-electron chi connectivity index (χ3n) is 3.99. The van der Waals surface area contributed by atoms with Gasteiger partial charge >= 0.3 is 5.97 Å². The summed E-state index contributed by atoms with van der Waals surface area (Å²) >= 11 is 0. The van der Waals surface area contributed by atoms with Crippen LogP contribution < -0.4 is 5.32 Å². The lowest BCUT2D eigenvalue weighted by Gasteiger charge is -2.16. The standard InChI is InChI=1S/C22H20FN3O4/c1-15-3-5-16(6-4-15)11-17(12-24)22(29)30-14-21(28)26(2)13-20(27)25-19-9-7-18(23)8-10-19/h3-11H,13-14H2,1-2H3,(H,25,27)/b17-11+. The molecule has 0 unspecified atom stereocenters. The fourth-order valence-electron chi connectivity index (χ4n) is 2.32. The van der Waals surface area contributed by atoms with E-state index in [9.17, 15) is 24.0 Å². The van der Waals surface area contributed by atoms with Crippen molar-refractivity contribution >= 4 is 29.5 Å². The molecule has 0 fully saturated rings. The second-order valence-electron chi connectivity index (χ2n) is 6.46. The molecule has 0 aromatic heterocycles. The summed E-state index contributed by atoms with van der Waals surface area (Å²) in [7, 11) is 1.37. The van der Waals surface area contributed by atoms with Crippen LogP contribution in [0.5, 0.6) is 0 Å². The van der Waals surface area contributed by atoms with Gasteiger partial charge in [-0.1, -0.05) is 29.8 Å². The van der Waals surface area contributed by atoms with Crippen LogP contribution in [-0.4, -0.2) is 42.9 Å². The van der Waals surface area contributed by atoms with E-state index in [1.165, 1.54) is 37.4 Å². The SMILES string of the molecule is Cc1ccc(/C=C(\C#N)C(=O)OCC(=O)N(C)CC(=O)Nc2ccc(F)cc2)cc1. The summed E-state index contributed by atoms with van der Waals surface area (Å²) in [5, 5.41) is 11.7. The maximum absolute atomic E-state index is 12.9. The van der Waals surface area contributed by atoms with Crippen molar-refractivity contribution in [1.29, 1.82) is 5.26 Å². The van der Waals surface area contributed by atoms with Crippen molar-refractivity contribution in [3.8, 4) is 6.07 Å². The van der Waals surface area contributed by atoms with Crippen LogP contribution in [0.25, 0.3) is 6.08 Å². The molecule has 2 aromatic carbocycles. The van der Waals surface area contributed by atoms with E-state index in [4.69, 9.17) is 4.74 Å². The van der Waals surface area contributed by atoms with Crippen molar-refractivity contribution in [3.63, 3.8) is 0 Å². The Kier molecular flexibility index (Phi) is 7.82. The van der Waals surface area contributed by atoms with Crippen LogP contribution in [0.3, 0.4) is 0 Å². The number of ether oxygens (including phenoxy) is 1. The fraction of sp³-hybridized carbons (Fsp3) is 0.182. The lowest BCUT2D eigenvalue weighted by Crippen LogP contribution is -2.37. The number of nitrogens with zero attached hydrogens (tertiary/aromatic N) is 2. The van der Waals surface area contributed by atoms with E-state index in [0.29, 0.717) is 11.3 Å². The lowest BCUT2D eigenvalue weighted by molar-refractivity contribution is -0.148. The first-order chi connectivity index (χ1) is 14.3. The Labute approximate surface area is 173 Å². The Bertz CT molecular complexity index is 993. The Morgan fingerprint density at radius 1 is 1.13 bits per heavy atom. The van der Waals surface area contributed by atoms with Gasteiger partial charge in [-0.3, -0.25) is 9.59 Å². The molecule has 0 radical (unpaired) electrons. The van der Waals surface area contributed by atoms with Crippen LogP contribution >= 0.6 is 0 Å². The van der Waals surface area contributed by atoms with E-state index in [0.717, 1.165) is 10.5 Å². The Hall–Kier alpha value is -3.99. The molecular formula is C22H20FN3O4. The average Bonchev–Trinajstić information content (AvgIpc) is 2.72. The minimum Gasteiger partial charge on any atom is -0.451 e. The van der Waals surface area contributed by atoms with Gasteiger partial charge in [0.2, 0.25) is 5.91 Å². The van der Waals surface area contributed by atoms with E-state index in [2.05, 4.69) is 5.32 Å². The van der Waals surface area contributed by atoms with Crippen LogP contribution in [-0.2, 0) is 19.1 Å². The second-order valence-corrected chi connectivity index (χ2v) is 6.46. The predicted octanol–water partition coefficient (Wildman–Crippen LogP) is 2.68. The number of benzene rings is 2. The number of nitrogens with one attached hydrogen (secondary N) is 1. The van der Waals surface area contributed by atoms with Crippen molar-refractivity contribution in [3.05, 3.63) is 71.0 Å². The highest BCUT2D eigenvalue weighted by Gasteiger charge is 2.17. The number of hydrogen-bond donors (Lipinski definition) is 1. The summed E-state index contributed by atoms with van der Waals surface area (Å²) in [5.41, 5.74) is 1.82. The van der Waals surface area contributed by atoms with Crippen molar-refractivity contribution in [2.75, 3.05) is 25.5 Å². The molecule has 2 rings (SSSR count). The van der Waals surface area contributed by atoms with E-state index >= 15 is 0 Å². The Morgan fingerprint density at radius 3 is 2.37 bits per heavy atom. The number of anilines is 1. The number of amides is 2. The molecule has 7 nitrogen and oxygen atoms in total. The van der Waals surface area contributed by atoms with Crippen LogP contribution in [0.15, 0.2) is 54.1 Å². The van der Waals surface area contributed by atoms with Gasteiger partial charge < -0.3 is 15.0 Å².